The fourth-order valence-corrected chi connectivity index (χ4v) is 2.32. The summed E-state index contributed by atoms with van der Waals surface area (Å²) >= 11 is 3.38. The molecule has 1 heterocycles. The van der Waals surface area contributed by atoms with Crippen molar-refractivity contribution in [3.63, 3.8) is 0 Å². The molecule has 0 fully saturated rings. The summed E-state index contributed by atoms with van der Waals surface area (Å²) in [6, 6.07) is 9.25. The van der Waals surface area contributed by atoms with Gasteiger partial charge in [0, 0.05) is 17.0 Å². The summed E-state index contributed by atoms with van der Waals surface area (Å²) in [6.45, 7) is 0. The molecule has 0 spiro atoms. The fraction of sp³-hybridized carbons (Fsp3) is 0.0714. The molecular weight excluding hydrogens is 314 g/mol. The molecular formula is C14H9BrF2N2. The lowest BCUT2D eigenvalue weighted by molar-refractivity contribution is 0.574. The molecule has 5 heteroatoms. The van der Waals surface area contributed by atoms with Gasteiger partial charge in [-0.3, -0.25) is 0 Å². The lowest BCUT2D eigenvalue weighted by atomic mass is 10.1. The van der Waals surface area contributed by atoms with Crippen LogP contribution in [-0.2, 0) is 6.42 Å². The third kappa shape index (κ3) is 2.51. The van der Waals surface area contributed by atoms with Gasteiger partial charge in [-0.15, -0.1) is 0 Å². The van der Waals surface area contributed by atoms with Gasteiger partial charge in [0.25, 0.3) is 0 Å². The molecule has 0 radical (unpaired) electrons. The lowest BCUT2D eigenvalue weighted by Crippen LogP contribution is -1.95. The molecule has 19 heavy (non-hydrogen) atoms. The Bertz CT molecular complexity index is 752. The Kier molecular flexibility index (Phi) is 3.06. The van der Waals surface area contributed by atoms with E-state index in [2.05, 4.69) is 25.9 Å². The fourth-order valence-electron chi connectivity index (χ4n) is 1.96. The summed E-state index contributed by atoms with van der Waals surface area (Å²) in [6.07, 6.45) is 0.304. The largest absolute Gasteiger partial charge is 0.342 e. The van der Waals surface area contributed by atoms with E-state index in [1.54, 1.807) is 0 Å². The lowest BCUT2D eigenvalue weighted by Gasteiger charge is -2.00. The van der Waals surface area contributed by atoms with Crippen LogP contribution in [0.3, 0.4) is 0 Å². The van der Waals surface area contributed by atoms with Crippen LogP contribution < -0.4 is 0 Å². The molecule has 0 aliphatic carbocycles. The third-order valence-corrected chi connectivity index (χ3v) is 3.36. The molecule has 0 saturated heterocycles. The third-order valence-electron chi connectivity index (χ3n) is 2.87. The molecule has 0 saturated carbocycles. The van der Waals surface area contributed by atoms with E-state index in [4.69, 9.17) is 0 Å². The summed E-state index contributed by atoms with van der Waals surface area (Å²) in [5.41, 5.74) is 2.12. The average Bonchev–Trinajstić information content (AvgIpc) is 2.74. The van der Waals surface area contributed by atoms with E-state index in [0.29, 0.717) is 17.8 Å². The van der Waals surface area contributed by atoms with E-state index >= 15 is 0 Å². The van der Waals surface area contributed by atoms with E-state index in [9.17, 15) is 8.78 Å². The van der Waals surface area contributed by atoms with E-state index in [0.717, 1.165) is 21.6 Å². The summed E-state index contributed by atoms with van der Waals surface area (Å²) in [5, 5.41) is 0. The summed E-state index contributed by atoms with van der Waals surface area (Å²) in [5.74, 6) is -0.477. The monoisotopic (exact) mass is 322 g/mol. The van der Waals surface area contributed by atoms with Crippen LogP contribution in [-0.4, -0.2) is 9.97 Å². The molecule has 2 aromatic carbocycles. The Labute approximate surface area is 116 Å². The average molecular weight is 323 g/mol. The minimum absolute atomic E-state index is 0.304. The molecule has 0 bridgehead atoms. The first-order chi connectivity index (χ1) is 9.11. The number of benzene rings is 2. The number of aromatic amines is 1. The summed E-state index contributed by atoms with van der Waals surface area (Å²) in [4.78, 5) is 7.50. The quantitative estimate of drug-likeness (QED) is 0.752. The van der Waals surface area contributed by atoms with Crippen molar-refractivity contribution in [2.45, 2.75) is 6.42 Å². The zero-order valence-electron chi connectivity index (χ0n) is 9.75. The number of hydrogen-bond acceptors (Lipinski definition) is 1. The van der Waals surface area contributed by atoms with Crippen molar-refractivity contribution in [3.05, 3.63) is 63.9 Å². The molecule has 1 N–H and O–H groups in total. The zero-order chi connectivity index (χ0) is 13.4. The van der Waals surface area contributed by atoms with Gasteiger partial charge in [-0.1, -0.05) is 22.0 Å². The van der Waals surface area contributed by atoms with E-state index in [1.165, 1.54) is 12.1 Å². The van der Waals surface area contributed by atoms with Crippen molar-refractivity contribution in [1.29, 1.82) is 0 Å². The van der Waals surface area contributed by atoms with Crippen molar-refractivity contribution in [2.75, 3.05) is 0 Å². The van der Waals surface area contributed by atoms with Crippen LogP contribution in [0.2, 0.25) is 0 Å². The van der Waals surface area contributed by atoms with Crippen LogP contribution >= 0.6 is 15.9 Å². The van der Waals surface area contributed by atoms with Crippen LogP contribution in [0.5, 0.6) is 0 Å². The van der Waals surface area contributed by atoms with Gasteiger partial charge in [-0.25, -0.2) is 13.8 Å². The number of fused-ring (bicyclic) bond motifs is 1. The zero-order valence-corrected chi connectivity index (χ0v) is 11.3. The highest BCUT2D eigenvalue weighted by atomic mass is 79.9. The van der Waals surface area contributed by atoms with Gasteiger partial charge in [-0.05, 0) is 29.8 Å². The first-order valence-electron chi connectivity index (χ1n) is 5.70. The smallest absolute Gasteiger partial charge is 0.129 e. The second-order valence-corrected chi connectivity index (χ2v) is 5.17. The van der Waals surface area contributed by atoms with Gasteiger partial charge in [-0.2, -0.15) is 0 Å². The highest BCUT2D eigenvalue weighted by Crippen LogP contribution is 2.19. The maximum absolute atomic E-state index is 13.6. The van der Waals surface area contributed by atoms with Crippen molar-refractivity contribution in [2.24, 2.45) is 0 Å². The van der Waals surface area contributed by atoms with Crippen molar-refractivity contribution < 1.29 is 8.78 Å². The normalized spacial score (nSPS) is 11.1. The van der Waals surface area contributed by atoms with Gasteiger partial charge in [0.1, 0.15) is 17.5 Å². The second kappa shape index (κ2) is 4.74. The first-order valence-corrected chi connectivity index (χ1v) is 6.49. The number of aromatic nitrogens is 2. The van der Waals surface area contributed by atoms with Gasteiger partial charge in [0.15, 0.2) is 0 Å². The molecule has 2 nitrogen and oxygen atoms in total. The number of halogens is 3. The van der Waals surface area contributed by atoms with Gasteiger partial charge in [0.05, 0.1) is 11.0 Å². The van der Waals surface area contributed by atoms with Crippen molar-refractivity contribution >= 4 is 27.0 Å². The highest BCUT2D eigenvalue weighted by Gasteiger charge is 2.08. The minimum Gasteiger partial charge on any atom is -0.342 e. The van der Waals surface area contributed by atoms with E-state index < -0.39 is 11.6 Å². The van der Waals surface area contributed by atoms with Crippen LogP contribution in [0.15, 0.2) is 40.9 Å². The Balaban J connectivity index is 1.96. The molecule has 0 amide bonds. The predicted molar refractivity (Wildman–Crippen MR) is 73.0 cm³/mol. The molecule has 1 aromatic heterocycles. The summed E-state index contributed by atoms with van der Waals surface area (Å²) < 4.78 is 27.3. The topological polar surface area (TPSA) is 28.7 Å². The summed E-state index contributed by atoms with van der Waals surface area (Å²) in [7, 11) is 0. The Morgan fingerprint density at radius 3 is 2.74 bits per heavy atom. The van der Waals surface area contributed by atoms with Crippen LogP contribution in [0.25, 0.3) is 11.0 Å². The van der Waals surface area contributed by atoms with Crippen molar-refractivity contribution in [3.8, 4) is 0 Å². The maximum Gasteiger partial charge on any atom is 0.129 e. The van der Waals surface area contributed by atoms with Gasteiger partial charge in [0.2, 0.25) is 0 Å². The molecule has 0 aliphatic heterocycles. The number of imidazole rings is 1. The molecule has 0 atom stereocenters. The number of H-pyrrole nitrogens is 1. The van der Waals surface area contributed by atoms with E-state index in [1.807, 2.05) is 18.2 Å². The van der Waals surface area contributed by atoms with Crippen LogP contribution in [0, 0.1) is 11.6 Å². The molecule has 96 valence electrons. The number of nitrogens with zero attached hydrogens (tertiary/aromatic N) is 1. The predicted octanol–water partition coefficient (Wildman–Crippen LogP) is 4.19. The maximum atomic E-state index is 13.6. The molecule has 0 unspecified atom stereocenters. The van der Waals surface area contributed by atoms with Crippen LogP contribution in [0.1, 0.15) is 11.4 Å². The van der Waals surface area contributed by atoms with Crippen LogP contribution in [0.4, 0.5) is 8.78 Å². The molecule has 3 aromatic rings. The number of hydrogen-bond donors (Lipinski definition) is 1. The second-order valence-electron chi connectivity index (χ2n) is 4.26. The van der Waals surface area contributed by atoms with Gasteiger partial charge >= 0.3 is 0 Å². The standard InChI is InChI=1S/C14H9BrF2N2/c15-9-2-4-12-13(6-9)19-14(18-12)5-8-1-3-10(16)7-11(8)17/h1-4,6-7H,5H2,(H,18,19). The van der Waals surface area contributed by atoms with Gasteiger partial charge < -0.3 is 4.98 Å². The van der Waals surface area contributed by atoms with E-state index in [-0.39, 0.29) is 0 Å². The molecule has 0 aliphatic rings. The highest BCUT2D eigenvalue weighted by molar-refractivity contribution is 9.10. The Morgan fingerprint density at radius 1 is 1.11 bits per heavy atom. The van der Waals surface area contributed by atoms with Crippen molar-refractivity contribution in [1.82, 2.24) is 9.97 Å². The minimum atomic E-state index is -0.574. The SMILES string of the molecule is Fc1ccc(Cc2nc3ccc(Br)cc3[nH]2)c(F)c1. The molecule has 3 rings (SSSR count). The first kappa shape index (κ1) is 12.3. The Hall–Kier alpha value is -1.75. The number of nitrogens with one attached hydrogen (secondary N) is 1. The Morgan fingerprint density at radius 2 is 1.95 bits per heavy atom. The number of rotatable bonds is 2.